The number of nitrogens with zero attached hydrogens (tertiary/aromatic N) is 2. The molecule has 42 heavy (non-hydrogen) atoms. The minimum absolute atomic E-state index is 0.0317. The number of benzene rings is 3. The summed E-state index contributed by atoms with van der Waals surface area (Å²) < 4.78 is 16.9. The first-order chi connectivity index (χ1) is 20.2. The van der Waals surface area contributed by atoms with Gasteiger partial charge in [-0.1, -0.05) is 18.2 Å². The molecular weight excluding hydrogens is 532 g/mol. The Bertz CT molecular complexity index is 1620. The van der Waals surface area contributed by atoms with Crippen molar-refractivity contribution < 1.29 is 23.8 Å². The number of carbonyl (C=O) groups is 2. The summed E-state index contributed by atoms with van der Waals surface area (Å²) in [5.74, 6) is 1.09. The van der Waals surface area contributed by atoms with E-state index in [4.69, 9.17) is 14.2 Å². The highest BCUT2D eigenvalue weighted by Crippen LogP contribution is 2.45. The summed E-state index contributed by atoms with van der Waals surface area (Å²) in [4.78, 5) is 31.7. The monoisotopic (exact) mass is 566 g/mol. The van der Waals surface area contributed by atoms with E-state index in [0.29, 0.717) is 30.0 Å². The van der Waals surface area contributed by atoms with Crippen molar-refractivity contribution in [1.82, 2.24) is 4.98 Å². The maximum atomic E-state index is 13.3. The number of rotatable bonds is 9. The number of ether oxygens (including phenoxy) is 3. The number of anilines is 3. The second-order valence-electron chi connectivity index (χ2n) is 10.5. The van der Waals surface area contributed by atoms with Crippen LogP contribution in [0, 0.1) is 0 Å². The van der Waals surface area contributed by atoms with E-state index >= 15 is 0 Å². The molecule has 2 heterocycles. The van der Waals surface area contributed by atoms with E-state index in [9.17, 15) is 9.59 Å². The summed E-state index contributed by atoms with van der Waals surface area (Å²) in [7, 11) is 5.03. The Morgan fingerprint density at radius 3 is 2.48 bits per heavy atom. The fraction of sp³-hybridized carbons (Fsp3) is 0.242. The Kier molecular flexibility index (Phi) is 8.01. The smallest absolute Gasteiger partial charge is 0.345 e. The first-order valence-electron chi connectivity index (χ1n) is 13.6. The number of likely N-dealkylation sites (N-methyl/N-ethyl adjacent to an activating group) is 1. The molecule has 5 rings (SSSR count). The summed E-state index contributed by atoms with van der Waals surface area (Å²) in [6, 6.07) is 20.4. The van der Waals surface area contributed by atoms with Crippen LogP contribution in [-0.2, 0) is 11.2 Å². The van der Waals surface area contributed by atoms with Gasteiger partial charge in [-0.2, -0.15) is 0 Å². The molecule has 0 unspecified atom stereocenters. The average molecular weight is 567 g/mol. The second kappa shape index (κ2) is 11.8. The molecule has 3 aromatic carbocycles. The van der Waals surface area contributed by atoms with E-state index in [1.54, 1.807) is 49.6 Å². The standard InChI is InChI=1S/C33H34N4O5/c1-33(2)32(39)37(3)30-25(16-18-35-26-10-6-7-11-28(26)40-4)23(14-15-27(30)36-33)24-13-12-22(19-29(24)41-5)42-31(38)21-9-8-17-34-20-21/h6-15,17,19-20,35-36H,16,18H2,1-5H3. The Morgan fingerprint density at radius 1 is 0.976 bits per heavy atom. The van der Waals surface area contributed by atoms with Gasteiger partial charge in [-0.3, -0.25) is 9.78 Å². The largest absolute Gasteiger partial charge is 0.496 e. The number of pyridine rings is 1. The lowest BCUT2D eigenvalue weighted by molar-refractivity contribution is -0.121. The molecule has 0 saturated heterocycles. The highest BCUT2D eigenvalue weighted by molar-refractivity contribution is 6.09. The van der Waals surface area contributed by atoms with Gasteiger partial charge >= 0.3 is 5.97 Å². The fourth-order valence-corrected chi connectivity index (χ4v) is 5.26. The molecule has 9 nitrogen and oxygen atoms in total. The molecule has 0 aliphatic carbocycles. The molecule has 1 aliphatic heterocycles. The lowest BCUT2D eigenvalue weighted by Crippen LogP contribution is -2.52. The topological polar surface area (TPSA) is 102 Å². The molecule has 1 aliphatic rings. The van der Waals surface area contributed by atoms with Gasteiger partial charge in [0.1, 0.15) is 22.8 Å². The first kappa shape index (κ1) is 28.5. The third-order valence-electron chi connectivity index (χ3n) is 7.27. The zero-order valence-electron chi connectivity index (χ0n) is 24.4. The number of carbonyl (C=O) groups excluding carboxylic acids is 2. The van der Waals surface area contributed by atoms with Gasteiger partial charge in [0.2, 0.25) is 0 Å². The molecule has 0 bridgehead atoms. The number of para-hydroxylation sites is 2. The van der Waals surface area contributed by atoms with Gasteiger partial charge in [-0.15, -0.1) is 0 Å². The minimum atomic E-state index is -0.742. The van der Waals surface area contributed by atoms with Crippen LogP contribution in [0.3, 0.4) is 0 Å². The number of nitrogens with one attached hydrogen (secondary N) is 2. The predicted molar refractivity (Wildman–Crippen MR) is 164 cm³/mol. The van der Waals surface area contributed by atoms with E-state index < -0.39 is 11.5 Å². The van der Waals surface area contributed by atoms with Crippen molar-refractivity contribution in [3.8, 4) is 28.4 Å². The van der Waals surface area contributed by atoms with Crippen molar-refractivity contribution in [2.45, 2.75) is 25.8 Å². The predicted octanol–water partition coefficient (Wildman–Crippen LogP) is 5.81. The zero-order valence-corrected chi connectivity index (χ0v) is 24.4. The van der Waals surface area contributed by atoms with Crippen molar-refractivity contribution in [3.63, 3.8) is 0 Å². The number of aromatic nitrogens is 1. The Morgan fingerprint density at radius 2 is 1.74 bits per heavy atom. The Labute approximate surface area is 245 Å². The molecule has 0 radical (unpaired) electrons. The first-order valence-corrected chi connectivity index (χ1v) is 13.6. The van der Waals surface area contributed by atoms with Gasteiger partial charge < -0.3 is 29.7 Å². The van der Waals surface area contributed by atoms with Gasteiger partial charge in [0.25, 0.3) is 5.91 Å². The fourth-order valence-electron chi connectivity index (χ4n) is 5.26. The van der Waals surface area contributed by atoms with Gasteiger partial charge in [0.05, 0.1) is 36.8 Å². The summed E-state index contributed by atoms with van der Waals surface area (Å²) in [6.07, 6.45) is 3.65. The van der Waals surface area contributed by atoms with E-state index in [-0.39, 0.29) is 5.91 Å². The van der Waals surface area contributed by atoms with Crippen LogP contribution in [-0.4, -0.2) is 50.2 Å². The summed E-state index contributed by atoms with van der Waals surface area (Å²) >= 11 is 0. The van der Waals surface area contributed by atoms with Crippen LogP contribution in [0.25, 0.3) is 11.1 Å². The van der Waals surface area contributed by atoms with Crippen LogP contribution < -0.4 is 29.7 Å². The molecule has 2 N–H and O–H groups in total. The summed E-state index contributed by atoms with van der Waals surface area (Å²) in [6.45, 7) is 4.33. The maximum absolute atomic E-state index is 13.3. The molecule has 0 atom stereocenters. The summed E-state index contributed by atoms with van der Waals surface area (Å²) in [5, 5.41) is 6.88. The van der Waals surface area contributed by atoms with Gasteiger partial charge in [-0.05, 0) is 73.9 Å². The number of hydrogen-bond acceptors (Lipinski definition) is 8. The van der Waals surface area contributed by atoms with Crippen molar-refractivity contribution in [3.05, 3.63) is 90.3 Å². The number of methoxy groups -OCH3 is 2. The van der Waals surface area contributed by atoms with E-state index in [1.165, 1.54) is 6.20 Å². The highest BCUT2D eigenvalue weighted by atomic mass is 16.5. The molecule has 0 saturated carbocycles. The molecule has 0 fully saturated rings. The molecule has 216 valence electrons. The van der Waals surface area contributed by atoms with Crippen LogP contribution in [0.2, 0.25) is 0 Å². The minimum Gasteiger partial charge on any atom is -0.496 e. The lowest BCUT2D eigenvalue weighted by atomic mass is 9.90. The second-order valence-corrected chi connectivity index (χ2v) is 10.5. The average Bonchev–Trinajstić information content (AvgIpc) is 3.00. The number of amides is 1. The molecule has 4 aromatic rings. The van der Waals surface area contributed by atoms with Gasteiger partial charge in [0.15, 0.2) is 0 Å². The SMILES string of the molecule is COc1ccccc1NCCc1c(-c2ccc(OC(=O)c3cccnc3)cc2OC)ccc2c1N(C)C(=O)C(C)(C)N2. The number of esters is 1. The van der Waals surface area contributed by atoms with Crippen LogP contribution >= 0.6 is 0 Å². The normalized spacial score (nSPS) is 13.5. The van der Waals surface area contributed by atoms with Crippen LogP contribution in [0.1, 0.15) is 29.8 Å². The zero-order chi connectivity index (χ0) is 29.9. The van der Waals surface area contributed by atoms with Gasteiger partial charge in [-0.25, -0.2) is 4.79 Å². The Hall–Kier alpha value is -5.05. The molecule has 9 heteroatoms. The highest BCUT2D eigenvalue weighted by Gasteiger charge is 2.38. The molecular formula is C33H34N4O5. The van der Waals surface area contributed by atoms with Crippen molar-refractivity contribution in [2.75, 3.05) is 43.3 Å². The Balaban J connectivity index is 1.53. The molecule has 1 aromatic heterocycles. The van der Waals surface area contributed by atoms with Gasteiger partial charge in [0, 0.05) is 37.6 Å². The van der Waals surface area contributed by atoms with Crippen LogP contribution in [0.4, 0.5) is 17.1 Å². The number of hydrogen-bond donors (Lipinski definition) is 2. The lowest BCUT2D eigenvalue weighted by Gasteiger charge is -2.40. The van der Waals surface area contributed by atoms with E-state index in [1.807, 2.05) is 63.4 Å². The van der Waals surface area contributed by atoms with E-state index in [2.05, 4.69) is 15.6 Å². The third kappa shape index (κ3) is 5.58. The van der Waals surface area contributed by atoms with Crippen LogP contribution in [0.5, 0.6) is 17.2 Å². The third-order valence-corrected chi connectivity index (χ3v) is 7.27. The maximum Gasteiger partial charge on any atom is 0.345 e. The molecule has 1 amide bonds. The quantitative estimate of drug-likeness (QED) is 0.193. The molecule has 0 spiro atoms. The summed E-state index contributed by atoms with van der Waals surface area (Å²) in [5.41, 5.74) is 4.85. The van der Waals surface area contributed by atoms with Crippen LogP contribution in [0.15, 0.2) is 79.1 Å². The van der Waals surface area contributed by atoms with Crippen molar-refractivity contribution in [1.29, 1.82) is 0 Å². The van der Waals surface area contributed by atoms with Crippen molar-refractivity contribution >= 4 is 28.9 Å². The van der Waals surface area contributed by atoms with Crippen molar-refractivity contribution in [2.24, 2.45) is 0 Å². The van der Waals surface area contributed by atoms with E-state index in [0.717, 1.165) is 39.5 Å². The number of fused-ring (bicyclic) bond motifs is 1.